The lowest BCUT2D eigenvalue weighted by Crippen LogP contribution is -2.36. The molecule has 0 fully saturated rings. The lowest BCUT2D eigenvalue weighted by molar-refractivity contribution is 0.434. The van der Waals surface area contributed by atoms with Crippen LogP contribution < -0.4 is 5.32 Å². The molecule has 1 aromatic rings. The highest BCUT2D eigenvalue weighted by molar-refractivity contribution is 8.01. The second-order valence-electron chi connectivity index (χ2n) is 4.05. The first-order valence-electron chi connectivity index (χ1n) is 5.63. The van der Waals surface area contributed by atoms with Crippen molar-refractivity contribution in [2.24, 2.45) is 5.92 Å². The summed E-state index contributed by atoms with van der Waals surface area (Å²) in [6.07, 6.45) is 1.22. The van der Waals surface area contributed by atoms with Gasteiger partial charge in [-0.05, 0) is 30.3 Å². The molecular formula is C12H21NS2. The van der Waals surface area contributed by atoms with Crippen molar-refractivity contribution in [1.29, 1.82) is 0 Å². The number of thiophene rings is 1. The van der Waals surface area contributed by atoms with Crippen LogP contribution in [0.1, 0.15) is 27.2 Å². The van der Waals surface area contributed by atoms with E-state index in [1.165, 1.54) is 16.4 Å². The summed E-state index contributed by atoms with van der Waals surface area (Å²) in [5.41, 5.74) is 0. The molecule has 0 saturated carbocycles. The molecule has 1 heterocycles. The van der Waals surface area contributed by atoms with Gasteiger partial charge in [0.1, 0.15) is 0 Å². The van der Waals surface area contributed by atoms with Crippen LogP contribution in [0.15, 0.2) is 21.7 Å². The first-order chi connectivity index (χ1) is 7.24. The van der Waals surface area contributed by atoms with Crippen LogP contribution >= 0.6 is 23.1 Å². The molecule has 1 aromatic heterocycles. The Hall–Kier alpha value is 0.01000. The van der Waals surface area contributed by atoms with Gasteiger partial charge in [-0.1, -0.05) is 26.8 Å². The van der Waals surface area contributed by atoms with Crippen molar-refractivity contribution in [3.63, 3.8) is 0 Å². The van der Waals surface area contributed by atoms with E-state index >= 15 is 0 Å². The molecule has 0 bridgehead atoms. The number of rotatable bonds is 7. The van der Waals surface area contributed by atoms with Gasteiger partial charge in [0.05, 0.1) is 4.21 Å². The minimum atomic E-state index is 0.636. The first kappa shape index (κ1) is 13.1. The van der Waals surface area contributed by atoms with Gasteiger partial charge in [0.25, 0.3) is 0 Å². The average Bonchev–Trinajstić information content (AvgIpc) is 2.70. The number of nitrogens with one attached hydrogen (secondary N) is 1. The van der Waals surface area contributed by atoms with E-state index in [0.29, 0.717) is 12.0 Å². The van der Waals surface area contributed by atoms with Gasteiger partial charge < -0.3 is 5.32 Å². The first-order valence-corrected chi connectivity index (χ1v) is 7.50. The normalized spacial score (nSPS) is 13.3. The molecule has 1 unspecified atom stereocenters. The third kappa shape index (κ3) is 5.05. The van der Waals surface area contributed by atoms with Crippen molar-refractivity contribution < 1.29 is 0 Å². The lowest BCUT2D eigenvalue weighted by atomic mass is 10.1. The Labute approximate surface area is 102 Å². The summed E-state index contributed by atoms with van der Waals surface area (Å²) in [6, 6.07) is 4.96. The summed E-state index contributed by atoms with van der Waals surface area (Å²) in [7, 11) is 0. The van der Waals surface area contributed by atoms with E-state index in [1.54, 1.807) is 0 Å². The summed E-state index contributed by atoms with van der Waals surface area (Å²) < 4.78 is 1.43. The summed E-state index contributed by atoms with van der Waals surface area (Å²) >= 11 is 3.81. The molecule has 0 spiro atoms. The molecule has 0 amide bonds. The summed E-state index contributed by atoms with van der Waals surface area (Å²) in [4.78, 5) is 0. The second kappa shape index (κ2) is 7.31. The maximum absolute atomic E-state index is 3.62. The van der Waals surface area contributed by atoms with E-state index in [2.05, 4.69) is 43.6 Å². The van der Waals surface area contributed by atoms with Gasteiger partial charge in [-0.2, -0.15) is 0 Å². The van der Waals surface area contributed by atoms with Gasteiger partial charge in [-0.25, -0.2) is 0 Å². The molecule has 15 heavy (non-hydrogen) atoms. The van der Waals surface area contributed by atoms with Gasteiger partial charge >= 0.3 is 0 Å². The third-order valence-corrected chi connectivity index (χ3v) is 4.61. The monoisotopic (exact) mass is 243 g/mol. The summed E-state index contributed by atoms with van der Waals surface area (Å²) in [6.45, 7) is 7.94. The average molecular weight is 243 g/mol. The molecule has 86 valence electrons. The number of thioether (sulfide) groups is 1. The largest absolute Gasteiger partial charge is 0.313 e. The highest BCUT2D eigenvalue weighted by Gasteiger charge is 2.12. The predicted molar refractivity (Wildman–Crippen MR) is 72.0 cm³/mol. The fourth-order valence-corrected chi connectivity index (χ4v) is 3.45. The van der Waals surface area contributed by atoms with E-state index in [1.807, 2.05) is 23.1 Å². The Morgan fingerprint density at radius 2 is 2.27 bits per heavy atom. The summed E-state index contributed by atoms with van der Waals surface area (Å²) in [5, 5.41) is 5.76. The quantitative estimate of drug-likeness (QED) is 0.730. The van der Waals surface area contributed by atoms with Crippen LogP contribution in [0.4, 0.5) is 0 Å². The van der Waals surface area contributed by atoms with Gasteiger partial charge in [0, 0.05) is 11.8 Å². The zero-order valence-electron chi connectivity index (χ0n) is 9.82. The molecule has 1 nitrogen and oxygen atoms in total. The Kier molecular flexibility index (Phi) is 6.37. The van der Waals surface area contributed by atoms with E-state index in [-0.39, 0.29) is 0 Å². The Balaban J connectivity index is 2.31. The SMILES string of the molecule is CCCNC(CSc1cccs1)C(C)C. The maximum atomic E-state index is 3.62. The van der Waals surface area contributed by atoms with Crippen LogP contribution in [0.3, 0.4) is 0 Å². The molecule has 0 radical (unpaired) electrons. The zero-order chi connectivity index (χ0) is 11.1. The molecule has 1 rings (SSSR count). The highest BCUT2D eigenvalue weighted by Crippen LogP contribution is 2.25. The fraction of sp³-hybridized carbons (Fsp3) is 0.667. The minimum absolute atomic E-state index is 0.636. The van der Waals surface area contributed by atoms with E-state index in [0.717, 1.165) is 6.54 Å². The van der Waals surface area contributed by atoms with Crippen LogP contribution in [0.25, 0.3) is 0 Å². The van der Waals surface area contributed by atoms with Crippen molar-refractivity contribution in [1.82, 2.24) is 5.32 Å². The van der Waals surface area contributed by atoms with Crippen LogP contribution in [0.2, 0.25) is 0 Å². The zero-order valence-corrected chi connectivity index (χ0v) is 11.5. The van der Waals surface area contributed by atoms with Crippen molar-refractivity contribution in [3.05, 3.63) is 17.5 Å². The van der Waals surface area contributed by atoms with Gasteiger partial charge in [-0.3, -0.25) is 0 Å². The van der Waals surface area contributed by atoms with Crippen LogP contribution in [-0.4, -0.2) is 18.3 Å². The van der Waals surface area contributed by atoms with Gasteiger partial charge in [0.2, 0.25) is 0 Å². The molecule has 1 N–H and O–H groups in total. The smallest absolute Gasteiger partial charge is 0.0599 e. The topological polar surface area (TPSA) is 12.0 Å². The molecule has 3 heteroatoms. The Morgan fingerprint density at radius 1 is 1.47 bits per heavy atom. The standard InChI is InChI=1S/C12H21NS2/c1-4-7-13-11(10(2)3)9-15-12-6-5-8-14-12/h5-6,8,10-11,13H,4,7,9H2,1-3H3. The maximum Gasteiger partial charge on any atom is 0.0599 e. The number of hydrogen-bond acceptors (Lipinski definition) is 3. The second-order valence-corrected chi connectivity index (χ2v) is 6.32. The molecule has 0 saturated heterocycles. The van der Waals surface area contributed by atoms with Crippen molar-refractivity contribution >= 4 is 23.1 Å². The van der Waals surface area contributed by atoms with Crippen LogP contribution in [0.5, 0.6) is 0 Å². The molecule has 1 atom stereocenters. The molecular weight excluding hydrogens is 222 g/mol. The van der Waals surface area contributed by atoms with Crippen LogP contribution in [-0.2, 0) is 0 Å². The van der Waals surface area contributed by atoms with Crippen LogP contribution in [0, 0.1) is 5.92 Å². The minimum Gasteiger partial charge on any atom is -0.313 e. The highest BCUT2D eigenvalue weighted by atomic mass is 32.2. The fourth-order valence-electron chi connectivity index (χ4n) is 1.33. The van der Waals surface area contributed by atoms with E-state index in [4.69, 9.17) is 0 Å². The molecule has 0 aliphatic carbocycles. The van der Waals surface area contributed by atoms with Crippen molar-refractivity contribution in [2.45, 2.75) is 37.4 Å². The Morgan fingerprint density at radius 3 is 2.80 bits per heavy atom. The van der Waals surface area contributed by atoms with Crippen molar-refractivity contribution in [2.75, 3.05) is 12.3 Å². The molecule has 0 aromatic carbocycles. The molecule has 0 aliphatic heterocycles. The summed E-state index contributed by atoms with van der Waals surface area (Å²) in [5.74, 6) is 1.89. The molecule has 0 aliphatic rings. The lowest BCUT2D eigenvalue weighted by Gasteiger charge is -2.21. The predicted octanol–water partition coefficient (Wildman–Crippen LogP) is 3.86. The van der Waals surface area contributed by atoms with Crippen molar-refractivity contribution in [3.8, 4) is 0 Å². The van der Waals surface area contributed by atoms with E-state index in [9.17, 15) is 0 Å². The van der Waals surface area contributed by atoms with E-state index < -0.39 is 0 Å². The van der Waals surface area contributed by atoms with Gasteiger partial charge in [-0.15, -0.1) is 23.1 Å². The Bertz CT molecular complexity index is 244. The number of hydrogen-bond donors (Lipinski definition) is 1. The van der Waals surface area contributed by atoms with Gasteiger partial charge in [0.15, 0.2) is 0 Å². The third-order valence-electron chi connectivity index (χ3n) is 2.36.